The third-order valence-corrected chi connectivity index (χ3v) is 5.99. The number of esters is 1. The van der Waals surface area contributed by atoms with Gasteiger partial charge >= 0.3 is 12.1 Å². The van der Waals surface area contributed by atoms with Gasteiger partial charge in [0.1, 0.15) is 24.2 Å². The highest BCUT2D eigenvalue weighted by molar-refractivity contribution is 7.98. The Morgan fingerprint density at radius 1 is 1.19 bits per heavy atom. The molecule has 0 saturated carbocycles. The quantitative estimate of drug-likeness (QED) is 0.320. The molecule has 200 valence electrons. The van der Waals surface area contributed by atoms with Gasteiger partial charge in [-0.25, -0.2) is 4.79 Å². The minimum absolute atomic E-state index is 0.0360. The number of thioether (sulfide) groups is 1. The smallest absolute Gasteiger partial charge is 0.408 e. The van der Waals surface area contributed by atoms with E-state index >= 15 is 0 Å². The Kier molecular flexibility index (Phi) is 12.5. The molecule has 0 radical (unpaired) electrons. The summed E-state index contributed by atoms with van der Waals surface area (Å²) in [4.78, 5) is 52.9. The Bertz CT molecular complexity index is 944. The molecule has 9 nitrogen and oxygen atoms in total. The molecule has 0 bridgehead atoms. The first-order valence-corrected chi connectivity index (χ1v) is 13.1. The summed E-state index contributed by atoms with van der Waals surface area (Å²) in [5.74, 6) is -1.04. The standard InChI is InChI=1S/C26H39N3O6S/c1-9-14-29(24(32)20(13-15-36-8)28-25(33)35-26(4,5)6)22(23(31)27-16-21(30)34-7)19-12-10-11-17(2)18(19)3/h9-12,20,22H,1,13-16H2,2-8H3,(H,27,31)(H,28,33). The van der Waals surface area contributed by atoms with Crippen LogP contribution in [0.1, 0.15) is 49.9 Å². The van der Waals surface area contributed by atoms with Gasteiger partial charge in [-0.05, 0) is 69.7 Å². The molecule has 10 heteroatoms. The Morgan fingerprint density at radius 2 is 1.86 bits per heavy atom. The normalized spacial score (nSPS) is 12.6. The topological polar surface area (TPSA) is 114 Å². The lowest BCUT2D eigenvalue weighted by molar-refractivity contribution is -0.144. The molecule has 2 N–H and O–H groups in total. The summed E-state index contributed by atoms with van der Waals surface area (Å²) in [7, 11) is 1.23. The molecule has 0 heterocycles. The highest BCUT2D eigenvalue weighted by Crippen LogP contribution is 2.27. The van der Waals surface area contributed by atoms with Crippen LogP contribution in [0, 0.1) is 13.8 Å². The van der Waals surface area contributed by atoms with Crippen molar-refractivity contribution in [2.24, 2.45) is 0 Å². The number of alkyl carbamates (subject to hydrolysis) is 1. The summed E-state index contributed by atoms with van der Waals surface area (Å²) in [6, 6.07) is 3.48. The molecule has 1 aromatic carbocycles. The van der Waals surface area contributed by atoms with E-state index in [1.54, 1.807) is 32.9 Å². The molecule has 0 spiro atoms. The van der Waals surface area contributed by atoms with Crippen molar-refractivity contribution in [1.29, 1.82) is 0 Å². The molecule has 1 rings (SSSR count). The summed E-state index contributed by atoms with van der Waals surface area (Å²) in [6.45, 7) is 12.4. The first kappa shape index (κ1) is 31.0. The zero-order valence-corrected chi connectivity index (χ0v) is 23.1. The predicted molar refractivity (Wildman–Crippen MR) is 142 cm³/mol. The average molecular weight is 522 g/mol. The van der Waals surface area contributed by atoms with Crippen LogP contribution in [0.2, 0.25) is 0 Å². The molecule has 36 heavy (non-hydrogen) atoms. The first-order valence-electron chi connectivity index (χ1n) is 11.7. The zero-order chi connectivity index (χ0) is 27.5. The minimum atomic E-state index is -1.07. The largest absolute Gasteiger partial charge is 0.468 e. The molecular formula is C26H39N3O6S. The first-order chi connectivity index (χ1) is 16.9. The number of methoxy groups -OCH3 is 1. The number of benzene rings is 1. The number of nitrogens with one attached hydrogen (secondary N) is 2. The van der Waals surface area contributed by atoms with Crippen molar-refractivity contribution in [1.82, 2.24) is 15.5 Å². The van der Waals surface area contributed by atoms with Crippen LogP contribution >= 0.6 is 11.8 Å². The van der Waals surface area contributed by atoms with Gasteiger partial charge in [-0.3, -0.25) is 14.4 Å². The van der Waals surface area contributed by atoms with Crippen molar-refractivity contribution in [3.05, 3.63) is 47.5 Å². The van der Waals surface area contributed by atoms with E-state index < -0.39 is 41.6 Å². The number of rotatable bonds is 12. The highest BCUT2D eigenvalue weighted by Gasteiger charge is 2.36. The van der Waals surface area contributed by atoms with Crippen LogP contribution in [-0.2, 0) is 23.9 Å². The van der Waals surface area contributed by atoms with E-state index in [-0.39, 0.29) is 13.1 Å². The molecule has 1 aromatic rings. The van der Waals surface area contributed by atoms with Gasteiger partial charge in [0.15, 0.2) is 0 Å². The lowest BCUT2D eigenvalue weighted by Gasteiger charge is -2.34. The van der Waals surface area contributed by atoms with Gasteiger partial charge in [-0.2, -0.15) is 11.8 Å². The van der Waals surface area contributed by atoms with Crippen molar-refractivity contribution in [2.45, 2.75) is 58.7 Å². The van der Waals surface area contributed by atoms with E-state index in [4.69, 9.17) is 4.74 Å². The fourth-order valence-electron chi connectivity index (χ4n) is 3.45. The molecule has 0 aromatic heterocycles. The number of ether oxygens (including phenoxy) is 2. The summed E-state index contributed by atoms with van der Waals surface area (Å²) < 4.78 is 10.0. The second-order valence-electron chi connectivity index (χ2n) is 9.25. The van der Waals surface area contributed by atoms with E-state index in [0.29, 0.717) is 17.7 Å². The van der Waals surface area contributed by atoms with Crippen molar-refractivity contribution in [3.63, 3.8) is 0 Å². The van der Waals surface area contributed by atoms with Crippen molar-refractivity contribution in [2.75, 3.05) is 32.2 Å². The van der Waals surface area contributed by atoms with Crippen LogP contribution in [0.3, 0.4) is 0 Å². The van der Waals surface area contributed by atoms with Crippen LogP contribution in [0.5, 0.6) is 0 Å². The van der Waals surface area contributed by atoms with Gasteiger partial charge in [0.05, 0.1) is 7.11 Å². The van der Waals surface area contributed by atoms with E-state index in [9.17, 15) is 19.2 Å². The molecule has 3 amide bonds. The Hall–Kier alpha value is -3.01. The summed E-state index contributed by atoms with van der Waals surface area (Å²) in [5, 5.41) is 5.24. The van der Waals surface area contributed by atoms with Gasteiger partial charge in [0, 0.05) is 6.54 Å². The number of hydrogen-bond acceptors (Lipinski definition) is 7. The van der Waals surface area contributed by atoms with Crippen LogP contribution < -0.4 is 10.6 Å². The molecule has 0 saturated heterocycles. The van der Waals surface area contributed by atoms with E-state index in [0.717, 1.165) is 11.1 Å². The van der Waals surface area contributed by atoms with Gasteiger partial charge in [0.25, 0.3) is 0 Å². The summed E-state index contributed by atoms with van der Waals surface area (Å²) >= 11 is 1.53. The van der Waals surface area contributed by atoms with Crippen molar-refractivity contribution >= 4 is 35.6 Å². The Balaban J connectivity index is 3.48. The number of carbonyl (C=O) groups is 4. The minimum Gasteiger partial charge on any atom is -0.468 e. The number of aryl methyl sites for hydroxylation is 1. The molecule has 2 unspecified atom stereocenters. The van der Waals surface area contributed by atoms with E-state index in [1.807, 2.05) is 26.2 Å². The third-order valence-electron chi connectivity index (χ3n) is 5.34. The molecule has 0 fully saturated rings. The maximum absolute atomic E-state index is 13.9. The van der Waals surface area contributed by atoms with Crippen LogP contribution in [0.15, 0.2) is 30.9 Å². The predicted octanol–water partition coefficient (Wildman–Crippen LogP) is 3.29. The maximum Gasteiger partial charge on any atom is 0.408 e. The van der Waals surface area contributed by atoms with Gasteiger partial charge in [-0.1, -0.05) is 24.3 Å². The van der Waals surface area contributed by atoms with Crippen LogP contribution in [0.4, 0.5) is 4.79 Å². The van der Waals surface area contributed by atoms with Crippen LogP contribution in [0.25, 0.3) is 0 Å². The lowest BCUT2D eigenvalue weighted by Crippen LogP contribution is -2.53. The lowest BCUT2D eigenvalue weighted by atomic mass is 9.95. The fraction of sp³-hybridized carbons (Fsp3) is 0.538. The average Bonchev–Trinajstić information content (AvgIpc) is 2.80. The summed E-state index contributed by atoms with van der Waals surface area (Å²) in [5.41, 5.74) is 1.63. The molecule has 2 atom stereocenters. The second kappa shape index (κ2) is 14.5. The van der Waals surface area contributed by atoms with Crippen molar-refractivity contribution in [3.8, 4) is 0 Å². The molecular weight excluding hydrogens is 482 g/mol. The van der Waals surface area contributed by atoms with Gasteiger partial charge in [0.2, 0.25) is 11.8 Å². The SMILES string of the molecule is C=CCN(C(=O)C(CCSC)NC(=O)OC(C)(C)C)C(C(=O)NCC(=O)OC)c1cccc(C)c1C. The zero-order valence-electron chi connectivity index (χ0n) is 22.3. The second-order valence-corrected chi connectivity index (χ2v) is 10.2. The maximum atomic E-state index is 13.9. The molecule has 0 aliphatic carbocycles. The van der Waals surface area contributed by atoms with E-state index in [1.165, 1.54) is 29.8 Å². The number of amides is 3. The Morgan fingerprint density at radius 3 is 2.42 bits per heavy atom. The van der Waals surface area contributed by atoms with Crippen molar-refractivity contribution < 1.29 is 28.7 Å². The monoisotopic (exact) mass is 521 g/mol. The number of nitrogens with zero attached hydrogens (tertiary/aromatic N) is 1. The van der Waals surface area contributed by atoms with Gasteiger partial charge in [-0.15, -0.1) is 6.58 Å². The molecule has 0 aliphatic heterocycles. The fourth-order valence-corrected chi connectivity index (χ4v) is 3.92. The number of carbonyl (C=O) groups excluding carboxylic acids is 4. The third kappa shape index (κ3) is 9.56. The summed E-state index contributed by atoms with van der Waals surface area (Å²) in [6.07, 6.45) is 3.02. The van der Waals surface area contributed by atoms with E-state index in [2.05, 4.69) is 21.9 Å². The number of hydrogen-bond donors (Lipinski definition) is 2. The molecule has 0 aliphatic rings. The van der Waals surface area contributed by atoms with Gasteiger partial charge < -0.3 is 25.0 Å². The Labute approximate surface area is 218 Å². The van der Waals surface area contributed by atoms with Crippen LogP contribution in [-0.4, -0.2) is 72.6 Å². The highest BCUT2D eigenvalue weighted by atomic mass is 32.2.